The third kappa shape index (κ3) is 4.09. The Morgan fingerprint density at radius 3 is 2.43 bits per heavy atom. The van der Waals surface area contributed by atoms with Crippen LogP contribution in [-0.4, -0.2) is 52.8 Å². The number of hydrogen-bond acceptors (Lipinski definition) is 2. The van der Waals surface area contributed by atoms with Crippen molar-refractivity contribution in [2.24, 2.45) is 5.41 Å². The second-order valence-corrected chi connectivity index (χ2v) is 6.67. The SMILES string of the molecule is CC(C)(C)C(=O)N1CCCN(C(=O)Cc2cc[nH]c2)CC1. The van der Waals surface area contributed by atoms with Crippen LogP contribution in [0.15, 0.2) is 18.5 Å². The zero-order valence-electron chi connectivity index (χ0n) is 13.2. The first kappa shape index (κ1) is 15.6. The first-order valence-corrected chi connectivity index (χ1v) is 7.57. The lowest BCUT2D eigenvalue weighted by molar-refractivity contribution is -0.139. The largest absolute Gasteiger partial charge is 0.367 e. The molecule has 0 aromatic carbocycles. The van der Waals surface area contributed by atoms with Crippen molar-refractivity contribution < 1.29 is 9.59 Å². The second-order valence-electron chi connectivity index (χ2n) is 6.67. The summed E-state index contributed by atoms with van der Waals surface area (Å²) in [7, 11) is 0. The Kier molecular flexibility index (Phi) is 4.70. The van der Waals surface area contributed by atoms with Crippen molar-refractivity contribution in [3.05, 3.63) is 24.0 Å². The van der Waals surface area contributed by atoms with Crippen LogP contribution in [0.5, 0.6) is 0 Å². The molecule has 1 aliphatic heterocycles. The molecule has 116 valence electrons. The Balaban J connectivity index is 1.91. The number of hydrogen-bond donors (Lipinski definition) is 1. The van der Waals surface area contributed by atoms with Gasteiger partial charge < -0.3 is 14.8 Å². The van der Waals surface area contributed by atoms with Crippen molar-refractivity contribution in [1.82, 2.24) is 14.8 Å². The summed E-state index contributed by atoms with van der Waals surface area (Å²) in [5, 5.41) is 0. The van der Waals surface area contributed by atoms with E-state index in [9.17, 15) is 9.59 Å². The van der Waals surface area contributed by atoms with E-state index in [4.69, 9.17) is 0 Å². The van der Waals surface area contributed by atoms with E-state index in [1.807, 2.05) is 49.0 Å². The van der Waals surface area contributed by atoms with E-state index in [1.165, 1.54) is 0 Å². The average Bonchev–Trinajstić information content (AvgIpc) is 2.78. The highest BCUT2D eigenvalue weighted by Crippen LogP contribution is 2.19. The number of carbonyl (C=O) groups is 2. The summed E-state index contributed by atoms with van der Waals surface area (Å²) in [6.07, 6.45) is 4.96. The van der Waals surface area contributed by atoms with Gasteiger partial charge in [0.05, 0.1) is 6.42 Å². The number of nitrogens with one attached hydrogen (secondary N) is 1. The fourth-order valence-corrected chi connectivity index (χ4v) is 2.60. The number of rotatable bonds is 2. The van der Waals surface area contributed by atoms with E-state index in [1.54, 1.807) is 0 Å². The summed E-state index contributed by atoms with van der Waals surface area (Å²) >= 11 is 0. The lowest BCUT2D eigenvalue weighted by Gasteiger charge is -2.28. The van der Waals surface area contributed by atoms with Gasteiger partial charge in [-0.2, -0.15) is 0 Å². The summed E-state index contributed by atoms with van der Waals surface area (Å²) in [5.74, 6) is 0.307. The number of aromatic amines is 1. The van der Waals surface area contributed by atoms with Crippen molar-refractivity contribution in [3.63, 3.8) is 0 Å². The number of amides is 2. The van der Waals surface area contributed by atoms with Crippen LogP contribution < -0.4 is 0 Å². The summed E-state index contributed by atoms with van der Waals surface area (Å²) in [5.41, 5.74) is 0.650. The first-order chi connectivity index (χ1) is 9.88. The molecular formula is C16H25N3O2. The Morgan fingerprint density at radius 2 is 1.81 bits per heavy atom. The topological polar surface area (TPSA) is 56.4 Å². The molecule has 1 aromatic heterocycles. The van der Waals surface area contributed by atoms with Crippen LogP contribution >= 0.6 is 0 Å². The van der Waals surface area contributed by atoms with Crippen LogP contribution in [0.1, 0.15) is 32.8 Å². The molecule has 0 aliphatic carbocycles. The maximum absolute atomic E-state index is 12.3. The monoisotopic (exact) mass is 291 g/mol. The summed E-state index contributed by atoms with van der Waals surface area (Å²) in [6.45, 7) is 8.56. The van der Waals surface area contributed by atoms with Crippen molar-refractivity contribution in [3.8, 4) is 0 Å². The van der Waals surface area contributed by atoms with Gasteiger partial charge in [-0.15, -0.1) is 0 Å². The first-order valence-electron chi connectivity index (χ1n) is 7.57. The van der Waals surface area contributed by atoms with Gasteiger partial charge in [0, 0.05) is 44.0 Å². The molecule has 2 heterocycles. The number of aromatic nitrogens is 1. The fourth-order valence-electron chi connectivity index (χ4n) is 2.60. The number of nitrogens with zero attached hydrogens (tertiary/aromatic N) is 2. The highest BCUT2D eigenvalue weighted by molar-refractivity contribution is 5.82. The van der Waals surface area contributed by atoms with Gasteiger partial charge in [0.15, 0.2) is 0 Å². The van der Waals surface area contributed by atoms with E-state index in [0.29, 0.717) is 19.5 Å². The Bertz CT molecular complexity index is 488. The minimum atomic E-state index is -0.357. The highest BCUT2D eigenvalue weighted by Gasteiger charge is 2.29. The average molecular weight is 291 g/mol. The Morgan fingerprint density at radius 1 is 1.14 bits per heavy atom. The standard InChI is InChI=1S/C16H25N3O2/c1-16(2,3)15(21)19-8-4-7-18(9-10-19)14(20)11-13-5-6-17-12-13/h5-6,12,17H,4,7-11H2,1-3H3. The third-order valence-electron chi connectivity index (χ3n) is 3.80. The number of carbonyl (C=O) groups excluding carboxylic acids is 2. The summed E-state index contributed by atoms with van der Waals surface area (Å²) < 4.78 is 0. The van der Waals surface area contributed by atoms with Crippen LogP contribution in [0, 0.1) is 5.41 Å². The van der Waals surface area contributed by atoms with Gasteiger partial charge in [-0.1, -0.05) is 20.8 Å². The lowest BCUT2D eigenvalue weighted by atomic mass is 9.94. The third-order valence-corrected chi connectivity index (χ3v) is 3.80. The molecule has 2 amide bonds. The minimum absolute atomic E-state index is 0.139. The molecule has 0 atom stereocenters. The predicted octanol–water partition coefficient (Wildman–Crippen LogP) is 1.66. The van der Waals surface area contributed by atoms with Gasteiger partial charge in [-0.25, -0.2) is 0 Å². The normalized spacial score (nSPS) is 16.7. The van der Waals surface area contributed by atoms with Crippen molar-refractivity contribution >= 4 is 11.8 Å². The van der Waals surface area contributed by atoms with Crippen molar-refractivity contribution in [2.45, 2.75) is 33.6 Å². The molecule has 0 bridgehead atoms. The van der Waals surface area contributed by atoms with Crippen LogP contribution in [0.2, 0.25) is 0 Å². The smallest absolute Gasteiger partial charge is 0.228 e. The van der Waals surface area contributed by atoms with Gasteiger partial charge in [-0.05, 0) is 18.1 Å². The molecular weight excluding hydrogens is 266 g/mol. The molecule has 1 aromatic rings. The van der Waals surface area contributed by atoms with E-state index in [0.717, 1.165) is 25.1 Å². The van der Waals surface area contributed by atoms with E-state index in [-0.39, 0.29) is 17.2 Å². The molecule has 0 spiro atoms. The lowest BCUT2D eigenvalue weighted by Crippen LogP contribution is -2.42. The predicted molar refractivity (Wildman–Crippen MR) is 81.7 cm³/mol. The summed E-state index contributed by atoms with van der Waals surface area (Å²) in [6, 6.07) is 1.92. The molecule has 1 N–H and O–H groups in total. The van der Waals surface area contributed by atoms with Crippen molar-refractivity contribution in [2.75, 3.05) is 26.2 Å². The van der Waals surface area contributed by atoms with Gasteiger partial charge in [0.25, 0.3) is 0 Å². The van der Waals surface area contributed by atoms with E-state index >= 15 is 0 Å². The zero-order chi connectivity index (χ0) is 15.5. The second kappa shape index (κ2) is 6.33. The van der Waals surface area contributed by atoms with Crippen molar-refractivity contribution in [1.29, 1.82) is 0 Å². The molecule has 2 rings (SSSR count). The van der Waals surface area contributed by atoms with Crippen LogP contribution in [0.4, 0.5) is 0 Å². The van der Waals surface area contributed by atoms with Crippen LogP contribution in [-0.2, 0) is 16.0 Å². The van der Waals surface area contributed by atoms with Gasteiger partial charge in [-0.3, -0.25) is 9.59 Å². The van der Waals surface area contributed by atoms with Gasteiger partial charge in [0.2, 0.25) is 11.8 Å². The van der Waals surface area contributed by atoms with Gasteiger partial charge >= 0.3 is 0 Å². The molecule has 1 saturated heterocycles. The van der Waals surface area contributed by atoms with E-state index < -0.39 is 0 Å². The zero-order valence-corrected chi connectivity index (χ0v) is 13.2. The highest BCUT2D eigenvalue weighted by atomic mass is 16.2. The molecule has 0 unspecified atom stereocenters. The minimum Gasteiger partial charge on any atom is -0.367 e. The molecule has 5 heteroatoms. The quantitative estimate of drug-likeness (QED) is 0.901. The molecule has 21 heavy (non-hydrogen) atoms. The van der Waals surface area contributed by atoms with Crippen LogP contribution in [0.3, 0.4) is 0 Å². The van der Waals surface area contributed by atoms with Gasteiger partial charge in [0.1, 0.15) is 0 Å². The molecule has 1 fully saturated rings. The maximum atomic E-state index is 12.3. The van der Waals surface area contributed by atoms with Crippen LogP contribution in [0.25, 0.3) is 0 Å². The molecule has 5 nitrogen and oxygen atoms in total. The number of H-pyrrole nitrogens is 1. The molecule has 1 aliphatic rings. The molecule has 0 radical (unpaired) electrons. The maximum Gasteiger partial charge on any atom is 0.228 e. The van der Waals surface area contributed by atoms with E-state index in [2.05, 4.69) is 4.98 Å². The molecule has 0 saturated carbocycles. The summed E-state index contributed by atoms with van der Waals surface area (Å²) in [4.78, 5) is 31.4. The fraction of sp³-hybridized carbons (Fsp3) is 0.625. The Hall–Kier alpha value is -1.78. The Labute approximate surface area is 126 Å².